The molecule has 4 aromatic rings. The molecule has 258 valence electrons. The number of amides is 2. The summed E-state index contributed by atoms with van der Waals surface area (Å²) in [4.78, 5) is 43.7. The van der Waals surface area contributed by atoms with Crippen molar-refractivity contribution in [2.45, 2.75) is 70.9 Å². The Kier molecular flexibility index (Phi) is 9.57. The monoisotopic (exact) mass is 687 g/mol. The molecule has 0 aliphatic carbocycles. The van der Waals surface area contributed by atoms with Gasteiger partial charge in [-0.05, 0) is 68.7 Å². The largest absolute Gasteiger partial charge is 0.444 e. The van der Waals surface area contributed by atoms with E-state index in [-0.39, 0.29) is 41.9 Å². The number of nitrogens with zero attached hydrogens (tertiary/aromatic N) is 4. The Morgan fingerprint density at radius 1 is 0.980 bits per heavy atom. The molecule has 0 fully saturated rings. The van der Waals surface area contributed by atoms with Gasteiger partial charge in [-0.15, -0.1) is 0 Å². The van der Waals surface area contributed by atoms with Gasteiger partial charge < -0.3 is 10.5 Å². The Morgan fingerprint density at radius 2 is 1.67 bits per heavy atom. The molecule has 49 heavy (non-hydrogen) atoms. The first-order valence-corrected chi connectivity index (χ1v) is 15.0. The zero-order chi connectivity index (χ0) is 35.8. The van der Waals surface area contributed by atoms with Gasteiger partial charge in [0.05, 0.1) is 36.6 Å². The van der Waals surface area contributed by atoms with Crippen molar-refractivity contribution in [3.63, 3.8) is 0 Å². The minimum atomic E-state index is -4.88. The van der Waals surface area contributed by atoms with Crippen LogP contribution in [0.5, 0.6) is 0 Å². The van der Waals surface area contributed by atoms with Crippen molar-refractivity contribution >= 4 is 17.8 Å². The van der Waals surface area contributed by atoms with Gasteiger partial charge in [0, 0.05) is 35.7 Å². The Bertz CT molecular complexity index is 1910. The van der Waals surface area contributed by atoms with Crippen LogP contribution in [0.1, 0.15) is 71.7 Å². The lowest BCUT2D eigenvalue weighted by molar-refractivity contribution is -0.142. The zero-order valence-corrected chi connectivity index (χ0v) is 26.6. The predicted molar refractivity (Wildman–Crippen MR) is 163 cm³/mol. The number of pyridine rings is 1. The lowest BCUT2D eigenvalue weighted by atomic mass is 9.86. The molecule has 2 amide bonds. The fourth-order valence-electron chi connectivity index (χ4n) is 5.77. The standard InChI is InChI=1S/C34H31F6N5O4/c1-33(2,3)49-32(48)44-16-26-28(17-44)45(43-30(26)34(38,39)40)15-23(46)12-20(9-18-10-21(35)14-22(36)11-18)29-24(5-4-8-42-29)19-6-7-27(37)25(13-19)31(41)47/h4-8,10-11,13-14,20H,9,12,15-17H2,1-3H3,(H2,41,47)/t20-/m1/s1. The molecule has 2 aromatic heterocycles. The number of carbonyl (C=O) groups excluding carboxylic acids is 3. The van der Waals surface area contributed by atoms with Gasteiger partial charge in [0.25, 0.3) is 5.91 Å². The van der Waals surface area contributed by atoms with Crippen LogP contribution >= 0.6 is 0 Å². The molecule has 0 radical (unpaired) electrons. The normalized spacial score (nSPS) is 13.7. The number of alkyl halides is 3. The number of rotatable bonds is 9. The van der Waals surface area contributed by atoms with E-state index in [1.54, 1.807) is 32.9 Å². The van der Waals surface area contributed by atoms with E-state index in [1.807, 2.05) is 0 Å². The molecule has 2 N–H and O–H groups in total. The number of Topliss-reactive ketones (excluding diaryl/α,β-unsaturated/α-hetero) is 1. The maximum Gasteiger partial charge on any atom is 0.435 e. The van der Waals surface area contributed by atoms with Crippen LogP contribution in [-0.4, -0.2) is 43.0 Å². The maximum atomic E-state index is 14.3. The molecule has 1 aliphatic rings. The van der Waals surface area contributed by atoms with Crippen molar-refractivity contribution in [1.29, 1.82) is 0 Å². The van der Waals surface area contributed by atoms with E-state index in [4.69, 9.17) is 10.5 Å². The summed E-state index contributed by atoms with van der Waals surface area (Å²) in [6.45, 7) is 3.50. The number of halogens is 6. The third-order valence-corrected chi connectivity index (χ3v) is 7.75. The third kappa shape index (κ3) is 8.09. The highest BCUT2D eigenvalue weighted by Crippen LogP contribution is 2.38. The van der Waals surface area contributed by atoms with Gasteiger partial charge in [-0.1, -0.05) is 12.1 Å². The Balaban J connectivity index is 1.50. The molecule has 0 saturated heterocycles. The van der Waals surface area contributed by atoms with Gasteiger partial charge in [0.15, 0.2) is 11.5 Å². The van der Waals surface area contributed by atoms with Crippen LogP contribution in [-0.2, 0) is 41.8 Å². The summed E-state index contributed by atoms with van der Waals surface area (Å²) in [5.41, 5.74) is 3.61. The number of benzene rings is 2. The summed E-state index contributed by atoms with van der Waals surface area (Å²) in [6.07, 6.45) is -4.82. The van der Waals surface area contributed by atoms with Crippen LogP contribution in [0.25, 0.3) is 11.1 Å². The number of ketones is 1. The number of hydrogen-bond acceptors (Lipinski definition) is 6. The summed E-state index contributed by atoms with van der Waals surface area (Å²) >= 11 is 0. The minimum Gasteiger partial charge on any atom is -0.444 e. The van der Waals surface area contributed by atoms with Crippen LogP contribution < -0.4 is 5.73 Å². The van der Waals surface area contributed by atoms with Gasteiger partial charge >= 0.3 is 12.3 Å². The predicted octanol–water partition coefficient (Wildman–Crippen LogP) is 6.72. The molecule has 5 rings (SSSR count). The fourth-order valence-corrected chi connectivity index (χ4v) is 5.77. The fraction of sp³-hybridized carbons (Fsp3) is 0.324. The van der Waals surface area contributed by atoms with E-state index < -0.39 is 77.3 Å². The molecule has 9 nitrogen and oxygen atoms in total. The van der Waals surface area contributed by atoms with Gasteiger partial charge in [0.2, 0.25) is 0 Å². The van der Waals surface area contributed by atoms with E-state index in [9.17, 15) is 40.7 Å². The van der Waals surface area contributed by atoms with Gasteiger partial charge in [-0.25, -0.2) is 18.0 Å². The topological polar surface area (TPSA) is 120 Å². The van der Waals surface area contributed by atoms with Crippen LogP contribution in [0.4, 0.5) is 31.1 Å². The molecular weight excluding hydrogens is 656 g/mol. The third-order valence-electron chi connectivity index (χ3n) is 7.75. The van der Waals surface area contributed by atoms with Crippen LogP contribution in [0.3, 0.4) is 0 Å². The van der Waals surface area contributed by atoms with Crippen LogP contribution in [0.2, 0.25) is 0 Å². The van der Waals surface area contributed by atoms with Crippen molar-refractivity contribution in [2.24, 2.45) is 5.73 Å². The molecular formula is C34H31F6N5O4. The molecule has 1 atom stereocenters. The number of primary amides is 1. The van der Waals surface area contributed by atoms with Crippen LogP contribution in [0, 0.1) is 17.5 Å². The van der Waals surface area contributed by atoms with Gasteiger partial charge in [-0.3, -0.25) is 24.2 Å². The average molecular weight is 688 g/mol. The summed E-state index contributed by atoms with van der Waals surface area (Å²) < 4.78 is 91.0. The Labute approximate surface area is 276 Å². The summed E-state index contributed by atoms with van der Waals surface area (Å²) in [5.74, 6) is -5.14. The molecule has 2 aromatic carbocycles. The van der Waals surface area contributed by atoms with E-state index >= 15 is 0 Å². The van der Waals surface area contributed by atoms with E-state index in [1.165, 1.54) is 18.3 Å². The number of fused-ring (bicyclic) bond motifs is 1. The van der Waals surface area contributed by atoms with Crippen molar-refractivity contribution in [1.82, 2.24) is 19.7 Å². The first-order valence-electron chi connectivity index (χ1n) is 15.0. The Hall–Kier alpha value is -5.21. The molecule has 0 unspecified atom stereocenters. The number of carbonyl (C=O) groups is 3. The van der Waals surface area contributed by atoms with Crippen molar-refractivity contribution < 1.29 is 45.5 Å². The highest BCUT2D eigenvalue weighted by atomic mass is 19.4. The molecule has 15 heteroatoms. The number of aromatic nitrogens is 3. The molecule has 0 bridgehead atoms. The van der Waals surface area contributed by atoms with Gasteiger partial charge in [-0.2, -0.15) is 18.3 Å². The second kappa shape index (κ2) is 13.4. The summed E-state index contributed by atoms with van der Waals surface area (Å²) in [7, 11) is 0. The maximum absolute atomic E-state index is 14.3. The first-order chi connectivity index (χ1) is 22.9. The van der Waals surface area contributed by atoms with E-state index in [0.717, 1.165) is 27.8 Å². The second-order valence-corrected chi connectivity index (χ2v) is 12.7. The molecule has 0 spiro atoms. The summed E-state index contributed by atoms with van der Waals surface area (Å²) in [5, 5.41) is 3.70. The van der Waals surface area contributed by atoms with Crippen molar-refractivity contribution in [3.8, 4) is 11.1 Å². The molecule has 0 saturated carbocycles. The highest BCUT2D eigenvalue weighted by Gasteiger charge is 2.43. The zero-order valence-electron chi connectivity index (χ0n) is 26.6. The van der Waals surface area contributed by atoms with E-state index in [0.29, 0.717) is 17.2 Å². The number of ether oxygens (including phenoxy) is 1. The quantitative estimate of drug-likeness (QED) is 0.195. The second-order valence-electron chi connectivity index (χ2n) is 12.7. The number of hydrogen-bond donors (Lipinski definition) is 1. The van der Waals surface area contributed by atoms with Gasteiger partial charge in [0.1, 0.15) is 23.1 Å². The summed E-state index contributed by atoms with van der Waals surface area (Å²) in [6, 6.07) is 9.58. The highest BCUT2D eigenvalue weighted by molar-refractivity contribution is 5.94. The van der Waals surface area contributed by atoms with E-state index in [2.05, 4.69) is 10.1 Å². The first kappa shape index (κ1) is 35.1. The lowest BCUT2D eigenvalue weighted by Crippen LogP contribution is -2.34. The molecule has 3 heterocycles. The van der Waals surface area contributed by atoms with Crippen molar-refractivity contribution in [3.05, 3.63) is 106 Å². The van der Waals surface area contributed by atoms with Crippen LogP contribution in [0.15, 0.2) is 54.7 Å². The number of nitrogens with two attached hydrogens (primary N) is 1. The lowest BCUT2D eigenvalue weighted by Gasteiger charge is -2.24. The molecule has 1 aliphatic heterocycles. The smallest absolute Gasteiger partial charge is 0.435 e. The average Bonchev–Trinajstić information content (AvgIpc) is 3.56. The minimum absolute atomic E-state index is 0.0131. The SMILES string of the molecule is CC(C)(C)OC(=O)N1Cc2c(C(F)(F)F)nn(CC(=O)C[C@@H](Cc3cc(F)cc(F)c3)c3ncccc3-c3ccc(F)c(C(N)=O)c3)c2C1. The van der Waals surface area contributed by atoms with Crippen molar-refractivity contribution in [2.75, 3.05) is 0 Å². The Morgan fingerprint density at radius 3 is 2.31 bits per heavy atom.